The molecule has 0 unspecified atom stereocenters. The number of unbranched alkanes of at least 4 members (excludes halogenated alkanes) is 2. The predicted molar refractivity (Wildman–Crippen MR) is 135 cm³/mol. The van der Waals surface area contributed by atoms with Crippen molar-refractivity contribution in [1.29, 1.82) is 0 Å². The zero-order valence-electron chi connectivity index (χ0n) is 20.1. The summed E-state index contributed by atoms with van der Waals surface area (Å²) in [6, 6.07) is 17.9. The van der Waals surface area contributed by atoms with Crippen LogP contribution in [-0.2, 0) is 6.54 Å². The number of aromatic nitrogens is 1. The first-order valence-corrected chi connectivity index (χ1v) is 12.3. The van der Waals surface area contributed by atoms with Crippen LogP contribution in [0.15, 0.2) is 60.8 Å². The molecule has 0 bridgehead atoms. The Bertz CT molecular complexity index is 913. The van der Waals surface area contributed by atoms with Gasteiger partial charge in [-0.25, -0.2) is 4.39 Å². The third-order valence-corrected chi connectivity index (χ3v) is 6.51. The second kappa shape index (κ2) is 12.8. The lowest BCUT2D eigenvalue weighted by molar-refractivity contribution is 0.197. The molecule has 3 nitrogen and oxygen atoms in total. The third-order valence-electron chi connectivity index (χ3n) is 6.51. The van der Waals surface area contributed by atoms with Gasteiger partial charge in [0.15, 0.2) is 0 Å². The molecule has 1 fully saturated rings. The van der Waals surface area contributed by atoms with Crippen LogP contribution in [0.5, 0.6) is 0 Å². The number of halogens is 1. The number of hydrogen-bond donors (Lipinski definition) is 0. The van der Waals surface area contributed by atoms with Crippen LogP contribution in [0.1, 0.15) is 57.6 Å². The molecule has 1 aromatic heterocycles. The molecule has 0 spiro atoms. The van der Waals surface area contributed by atoms with Crippen LogP contribution >= 0.6 is 0 Å². The molecule has 3 aromatic rings. The lowest BCUT2D eigenvalue weighted by Crippen LogP contribution is -2.34. The van der Waals surface area contributed by atoms with E-state index in [9.17, 15) is 4.39 Å². The number of hydrogen-bond acceptors (Lipinski definition) is 2. The van der Waals surface area contributed by atoms with Crippen LogP contribution in [0.4, 0.5) is 4.39 Å². The van der Waals surface area contributed by atoms with Gasteiger partial charge in [-0.15, -0.1) is 0 Å². The maximum atomic E-state index is 11.9. The van der Waals surface area contributed by atoms with Crippen molar-refractivity contribution in [3.8, 4) is 0 Å². The Labute approximate surface area is 193 Å². The highest BCUT2D eigenvalue weighted by molar-refractivity contribution is 5.81. The minimum absolute atomic E-state index is 0.178. The van der Waals surface area contributed by atoms with E-state index in [1.165, 1.54) is 86.9 Å². The van der Waals surface area contributed by atoms with Gasteiger partial charge < -0.3 is 14.4 Å². The molecule has 0 amide bonds. The molecule has 4 rings (SSSR count). The fourth-order valence-corrected chi connectivity index (χ4v) is 4.56. The highest BCUT2D eigenvalue weighted by Gasteiger charge is 2.20. The molecule has 0 radical (unpaired) electrons. The van der Waals surface area contributed by atoms with E-state index >= 15 is 0 Å². The number of rotatable bonds is 8. The normalized spacial score (nSPS) is 15.2. The summed E-state index contributed by atoms with van der Waals surface area (Å²) in [6.45, 7) is 10.5. The standard InChI is InChI=1S/C22H35N3.C6H5F/c1-4-6-7-13-23(3)18-19-8-9-20-10-16-25(22(20)17-19)21-11-14-24(5-2)15-12-21;7-6-4-2-1-3-5-6/h8-10,16-17,21H,4-7,11-15,18H2,1-3H3;1-5H. The molecule has 0 aliphatic carbocycles. The smallest absolute Gasteiger partial charge is 0.123 e. The molecular weight excluding hydrogens is 397 g/mol. The topological polar surface area (TPSA) is 11.4 Å². The van der Waals surface area contributed by atoms with Crippen molar-refractivity contribution in [3.05, 3.63) is 72.2 Å². The van der Waals surface area contributed by atoms with Gasteiger partial charge in [0.2, 0.25) is 0 Å². The molecule has 174 valence electrons. The van der Waals surface area contributed by atoms with Crippen molar-refractivity contribution >= 4 is 10.9 Å². The fourth-order valence-electron chi connectivity index (χ4n) is 4.56. The van der Waals surface area contributed by atoms with Gasteiger partial charge in [-0.3, -0.25) is 0 Å². The number of fused-ring (bicyclic) bond motifs is 1. The summed E-state index contributed by atoms with van der Waals surface area (Å²) in [6.07, 6.45) is 8.80. The van der Waals surface area contributed by atoms with Crippen molar-refractivity contribution in [3.63, 3.8) is 0 Å². The number of benzene rings is 2. The summed E-state index contributed by atoms with van der Waals surface area (Å²) in [5.74, 6) is -0.178. The molecule has 1 saturated heterocycles. The lowest BCUT2D eigenvalue weighted by atomic mass is 10.0. The molecule has 32 heavy (non-hydrogen) atoms. The average Bonchev–Trinajstić information content (AvgIpc) is 3.23. The highest BCUT2D eigenvalue weighted by Crippen LogP contribution is 2.28. The molecule has 0 N–H and O–H groups in total. The van der Waals surface area contributed by atoms with Gasteiger partial charge in [-0.05, 0) is 74.6 Å². The van der Waals surface area contributed by atoms with E-state index in [0.29, 0.717) is 6.04 Å². The van der Waals surface area contributed by atoms with Crippen molar-refractivity contribution < 1.29 is 4.39 Å². The Morgan fingerprint density at radius 2 is 1.72 bits per heavy atom. The first-order chi connectivity index (χ1) is 15.6. The first kappa shape index (κ1) is 24.5. The zero-order valence-corrected chi connectivity index (χ0v) is 20.1. The molecule has 2 heterocycles. The van der Waals surface area contributed by atoms with Crippen molar-refractivity contribution in [2.45, 2.75) is 58.5 Å². The summed E-state index contributed by atoms with van der Waals surface area (Å²) in [4.78, 5) is 5.03. The molecule has 2 aromatic carbocycles. The fraction of sp³-hybridized carbons (Fsp3) is 0.500. The Hall–Kier alpha value is -2.17. The van der Waals surface area contributed by atoms with Gasteiger partial charge in [-0.1, -0.05) is 57.0 Å². The first-order valence-electron chi connectivity index (χ1n) is 12.3. The average molecular weight is 438 g/mol. The van der Waals surface area contributed by atoms with Gasteiger partial charge >= 0.3 is 0 Å². The van der Waals surface area contributed by atoms with Crippen LogP contribution in [0, 0.1) is 5.82 Å². The molecular formula is C28H40FN3. The molecule has 1 aliphatic rings. The van der Waals surface area contributed by atoms with Gasteiger partial charge in [0.25, 0.3) is 0 Å². The monoisotopic (exact) mass is 437 g/mol. The van der Waals surface area contributed by atoms with Gasteiger partial charge in [-0.2, -0.15) is 0 Å². The number of likely N-dealkylation sites (tertiary alicyclic amines) is 1. The van der Waals surface area contributed by atoms with E-state index in [4.69, 9.17) is 0 Å². The Kier molecular flexibility index (Phi) is 9.76. The van der Waals surface area contributed by atoms with Gasteiger partial charge in [0.05, 0.1) is 0 Å². The van der Waals surface area contributed by atoms with E-state index < -0.39 is 0 Å². The molecule has 0 atom stereocenters. The Morgan fingerprint density at radius 1 is 0.969 bits per heavy atom. The second-order valence-corrected chi connectivity index (χ2v) is 9.02. The molecule has 1 aliphatic heterocycles. The number of nitrogens with zero attached hydrogens (tertiary/aromatic N) is 3. The quantitative estimate of drug-likeness (QED) is 0.361. The maximum absolute atomic E-state index is 11.9. The van der Waals surface area contributed by atoms with E-state index in [-0.39, 0.29) is 5.82 Å². The summed E-state index contributed by atoms with van der Waals surface area (Å²) in [5.41, 5.74) is 2.87. The van der Waals surface area contributed by atoms with Crippen molar-refractivity contribution in [1.82, 2.24) is 14.4 Å². The summed E-state index contributed by atoms with van der Waals surface area (Å²) in [7, 11) is 2.25. The van der Waals surface area contributed by atoms with Crippen LogP contribution < -0.4 is 0 Å². The van der Waals surface area contributed by atoms with Crippen LogP contribution in [-0.4, -0.2) is 47.6 Å². The second-order valence-electron chi connectivity index (χ2n) is 9.02. The van der Waals surface area contributed by atoms with Crippen LogP contribution in [0.2, 0.25) is 0 Å². The maximum Gasteiger partial charge on any atom is 0.123 e. The minimum atomic E-state index is -0.178. The Morgan fingerprint density at radius 3 is 2.34 bits per heavy atom. The molecule has 4 heteroatoms. The molecule has 0 saturated carbocycles. The summed E-state index contributed by atoms with van der Waals surface area (Å²) in [5, 5.41) is 1.38. The van der Waals surface area contributed by atoms with E-state index in [1.807, 2.05) is 0 Å². The largest absolute Gasteiger partial charge is 0.344 e. The lowest BCUT2D eigenvalue weighted by Gasteiger charge is -2.32. The SMILES string of the molecule is CCCCCN(C)Cc1ccc2ccn(C3CCN(CC)CC3)c2c1.Fc1ccccc1. The number of piperidine rings is 1. The zero-order chi connectivity index (χ0) is 22.8. The van der Waals surface area contributed by atoms with E-state index in [2.05, 4.69) is 65.7 Å². The van der Waals surface area contributed by atoms with Crippen molar-refractivity contribution in [2.24, 2.45) is 0 Å². The van der Waals surface area contributed by atoms with Gasteiger partial charge in [0, 0.05) is 37.4 Å². The van der Waals surface area contributed by atoms with Crippen LogP contribution in [0.25, 0.3) is 10.9 Å². The summed E-state index contributed by atoms with van der Waals surface area (Å²) >= 11 is 0. The summed E-state index contributed by atoms with van der Waals surface area (Å²) < 4.78 is 14.5. The minimum Gasteiger partial charge on any atom is -0.344 e. The van der Waals surface area contributed by atoms with Gasteiger partial charge in [0.1, 0.15) is 5.82 Å². The third kappa shape index (κ3) is 7.18. The van der Waals surface area contributed by atoms with Crippen LogP contribution in [0.3, 0.4) is 0 Å². The predicted octanol–water partition coefficient (Wildman–Crippen LogP) is 6.75. The highest BCUT2D eigenvalue weighted by atomic mass is 19.1. The van der Waals surface area contributed by atoms with E-state index in [0.717, 1.165) is 6.54 Å². The van der Waals surface area contributed by atoms with Crippen molar-refractivity contribution in [2.75, 3.05) is 33.2 Å². The van der Waals surface area contributed by atoms with E-state index in [1.54, 1.807) is 18.2 Å². The Balaban J connectivity index is 0.000000352.